The van der Waals surface area contributed by atoms with E-state index in [0.29, 0.717) is 12.6 Å². The smallest absolute Gasteiger partial charge is 0.306 e. The number of carboxylic acid groups (broad SMARTS) is 1. The number of aliphatic carboxylic acids is 1. The minimum absolute atomic E-state index is 0.0181. The second-order valence-electron chi connectivity index (χ2n) is 6.78. The van der Waals surface area contributed by atoms with E-state index >= 15 is 0 Å². The minimum Gasteiger partial charge on any atom is -0.486 e. The number of ether oxygens (including phenoxy) is 2. The number of nitrogens with one attached hydrogen (secondary N) is 1. The fourth-order valence-electron chi connectivity index (χ4n) is 3.75. The summed E-state index contributed by atoms with van der Waals surface area (Å²) in [5.41, 5.74) is 0. The second-order valence-corrected chi connectivity index (χ2v) is 6.78. The molecular formula is C19H27NO4. The Morgan fingerprint density at radius 1 is 1.21 bits per heavy atom. The number of benzene rings is 1. The lowest BCUT2D eigenvalue weighted by molar-refractivity contribution is -0.143. The first-order chi connectivity index (χ1) is 11.7. The molecule has 0 amide bonds. The molecule has 1 aromatic rings. The molecule has 2 fully saturated rings. The normalized spacial score (nSPS) is 32.8. The summed E-state index contributed by atoms with van der Waals surface area (Å²) in [6, 6.07) is 10.5. The summed E-state index contributed by atoms with van der Waals surface area (Å²) in [4.78, 5) is 11.1. The average molecular weight is 333 g/mol. The van der Waals surface area contributed by atoms with Gasteiger partial charge in [0.05, 0.1) is 12.0 Å². The zero-order chi connectivity index (χ0) is 16.9. The van der Waals surface area contributed by atoms with Gasteiger partial charge in [0.25, 0.3) is 0 Å². The van der Waals surface area contributed by atoms with Gasteiger partial charge >= 0.3 is 5.97 Å². The van der Waals surface area contributed by atoms with Crippen molar-refractivity contribution in [3.63, 3.8) is 0 Å². The van der Waals surface area contributed by atoms with E-state index < -0.39 is 5.97 Å². The molecule has 0 heterocycles. The Morgan fingerprint density at radius 3 is 2.54 bits per heavy atom. The highest BCUT2D eigenvalue weighted by molar-refractivity contribution is 5.70. The predicted octanol–water partition coefficient (Wildman–Crippen LogP) is 2.84. The van der Waals surface area contributed by atoms with Crippen LogP contribution in [-0.4, -0.2) is 42.0 Å². The van der Waals surface area contributed by atoms with E-state index in [1.54, 1.807) is 0 Å². The molecule has 2 saturated carbocycles. The molecule has 0 radical (unpaired) electrons. The van der Waals surface area contributed by atoms with Gasteiger partial charge in [0.15, 0.2) is 0 Å². The van der Waals surface area contributed by atoms with Gasteiger partial charge in [-0.15, -0.1) is 0 Å². The van der Waals surface area contributed by atoms with Crippen LogP contribution in [0.3, 0.4) is 0 Å². The van der Waals surface area contributed by atoms with Crippen LogP contribution >= 0.6 is 0 Å². The SMILES string of the molecule is CCOC1CC(NC2CCC(C(=O)O)CC2)C1Oc1ccccc1. The Morgan fingerprint density at radius 2 is 1.92 bits per heavy atom. The number of hydrogen-bond acceptors (Lipinski definition) is 4. The van der Waals surface area contributed by atoms with Gasteiger partial charge in [-0.2, -0.15) is 0 Å². The van der Waals surface area contributed by atoms with Crippen LogP contribution in [0, 0.1) is 5.92 Å². The summed E-state index contributed by atoms with van der Waals surface area (Å²) >= 11 is 0. The van der Waals surface area contributed by atoms with Crippen LogP contribution in [-0.2, 0) is 9.53 Å². The molecule has 2 N–H and O–H groups in total. The zero-order valence-electron chi connectivity index (χ0n) is 14.2. The molecule has 132 valence electrons. The molecule has 0 saturated heterocycles. The van der Waals surface area contributed by atoms with Crippen molar-refractivity contribution in [2.75, 3.05) is 6.61 Å². The first kappa shape index (κ1) is 17.2. The van der Waals surface area contributed by atoms with Crippen LogP contribution in [0.15, 0.2) is 30.3 Å². The summed E-state index contributed by atoms with van der Waals surface area (Å²) in [5.74, 6) is 0.0454. The van der Waals surface area contributed by atoms with Gasteiger partial charge in [-0.25, -0.2) is 0 Å². The predicted molar refractivity (Wildman–Crippen MR) is 91.2 cm³/mol. The van der Waals surface area contributed by atoms with Crippen LogP contribution < -0.4 is 10.1 Å². The van der Waals surface area contributed by atoms with Gasteiger partial charge in [0.2, 0.25) is 0 Å². The van der Waals surface area contributed by atoms with Crippen molar-refractivity contribution in [2.45, 2.75) is 63.3 Å². The molecule has 0 spiro atoms. The maximum absolute atomic E-state index is 11.1. The summed E-state index contributed by atoms with van der Waals surface area (Å²) in [7, 11) is 0. The maximum Gasteiger partial charge on any atom is 0.306 e. The monoisotopic (exact) mass is 333 g/mol. The average Bonchev–Trinajstić information content (AvgIpc) is 2.60. The Labute approximate surface area is 143 Å². The third-order valence-electron chi connectivity index (χ3n) is 5.17. The lowest BCUT2D eigenvalue weighted by Gasteiger charge is -2.46. The number of para-hydroxylation sites is 1. The van der Waals surface area contributed by atoms with Crippen molar-refractivity contribution in [1.82, 2.24) is 5.32 Å². The topological polar surface area (TPSA) is 67.8 Å². The highest BCUT2D eigenvalue weighted by Gasteiger charge is 2.45. The van der Waals surface area contributed by atoms with E-state index in [9.17, 15) is 4.79 Å². The molecule has 3 rings (SSSR count). The first-order valence-electron chi connectivity index (χ1n) is 8.99. The molecular weight excluding hydrogens is 306 g/mol. The number of carbonyl (C=O) groups is 1. The molecule has 3 unspecified atom stereocenters. The number of hydrogen-bond donors (Lipinski definition) is 2. The van der Waals surface area contributed by atoms with Crippen molar-refractivity contribution < 1.29 is 19.4 Å². The lowest BCUT2D eigenvalue weighted by atomic mass is 9.81. The molecule has 0 aliphatic heterocycles. The van der Waals surface area contributed by atoms with Gasteiger partial charge in [0, 0.05) is 18.7 Å². The van der Waals surface area contributed by atoms with Crippen LogP contribution in [0.1, 0.15) is 39.0 Å². The van der Waals surface area contributed by atoms with E-state index in [1.165, 1.54) is 0 Å². The Hall–Kier alpha value is -1.59. The second kappa shape index (κ2) is 7.99. The quantitative estimate of drug-likeness (QED) is 0.803. The molecule has 5 nitrogen and oxygen atoms in total. The van der Waals surface area contributed by atoms with Crippen LogP contribution in [0.2, 0.25) is 0 Å². The van der Waals surface area contributed by atoms with Crippen LogP contribution in [0.25, 0.3) is 0 Å². The van der Waals surface area contributed by atoms with E-state index in [1.807, 2.05) is 37.3 Å². The Bertz CT molecular complexity index is 527. The van der Waals surface area contributed by atoms with E-state index in [2.05, 4.69) is 5.32 Å². The molecule has 0 bridgehead atoms. The maximum atomic E-state index is 11.1. The fourth-order valence-corrected chi connectivity index (χ4v) is 3.75. The Kier molecular flexibility index (Phi) is 5.74. The molecule has 0 aromatic heterocycles. The van der Waals surface area contributed by atoms with Gasteiger partial charge in [-0.1, -0.05) is 18.2 Å². The zero-order valence-corrected chi connectivity index (χ0v) is 14.2. The largest absolute Gasteiger partial charge is 0.486 e. The summed E-state index contributed by atoms with van der Waals surface area (Å²) in [6.07, 6.45) is 4.46. The summed E-state index contributed by atoms with van der Waals surface area (Å²) in [6.45, 7) is 2.70. The summed E-state index contributed by atoms with van der Waals surface area (Å²) in [5, 5.41) is 12.8. The van der Waals surface area contributed by atoms with E-state index in [0.717, 1.165) is 37.9 Å². The van der Waals surface area contributed by atoms with Crippen molar-refractivity contribution in [3.05, 3.63) is 30.3 Å². The fraction of sp³-hybridized carbons (Fsp3) is 0.632. The van der Waals surface area contributed by atoms with Gasteiger partial charge < -0.3 is 19.9 Å². The van der Waals surface area contributed by atoms with E-state index in [4.69, 9.17) is 14.6 Å². The molecule has 2 aliphatic carbocycles. The van der Waals surface area contributed by atoms with E-state index in [-0.39, 0.29) is 24.2 Å². The minimum atomic E-state index is -0.654. The first-order valence-corrected chi connectivity index (χ1v) is 8.99. The molecule has 2 aliphatic rings. The van der Waals surface area contributed by atoms with Gasteiger partial charge in [0.1, 0.15) is 11.9 Å². The molecule has 5 heteroatoms. The van der Waals surface area contributed by atoms with Crippen molar-refractivity contribution in [2.24, 2.45) is 5.92 Å². The molecule has 1 aromatic carbocycles. The van der Waals surface area contributed by atoms with Crippen molar-refractivity contribution in [1.29, 1.82) is 0 Å². The highest BCUT2D eigenvalue weighted by atomic mass is 16.5. The highest BCUT2D eigenvalue weighted by Crippen LogP contribution is 2.32. The van der Waals surface area contributed by atoms with Crippen LogP contribution in [0.5, 0.6) is 5.75 Å². The third kappa shape index (κ3) is 4.08. The standard InChI is InChI=1S/C19H27NO4/c1-2-23-17-12-16(18(17)24-15-6-4-3-5-7-15)20-14-10-8-13(9-11-14)19(21)22/h3-7,13-14,16-18,20H,2,8-12H2,1H3,(H,21,22). The van der Waals surface area contributed by atoms with Crippen LogP contribution in [0.4, 0.5) is 0 Å². The van der Waals surface area contributed by atoms with Crippen molar-refractivity contribution >= 4 is 5.97 Å². The molecule has 24 heavy (non-hydrogen) atoms. The third-order valence-corrected chi connectivity index (χ3v) is 5.17. The van der Waals surface area contributed by atoms with Gasteiger partial charge in [-0.3, -0.25) is 4.79 Å². The van der Waals surface area contributed by atoms with Gasteiger partial charge in [-0.05, 0) is 51.2 Å². The Balaban J connectivity index is 1.54. The summed E-state index contributed by atoms with van der Waals surface area (Å²) < 4.78 is 11.9. The molecule has 3 atom stereocenters. The lowest BCUT2D eigenvalue weighted by Crippen LogP contribution is -2.63. The number of rotatable bonds is 7. The number of carboxylic acids is 1. The van der Waals surface area contributed by atoms with Crippen molar-refractivity contribution in [3.8, 4) is 5.75 Å².